The summed E-state index contributed by atoms with van der Waals surface area (Å²) in [5.41, 5.74) is 3.44. The van der Waals surface area contributed by atoms with Gasteiger partial charge in [0.15, 0.2) is 0 Å². The number of amides is 1. The fraction of sp³-hybridized carbons (Fsp3) is 0.300. The highest BCUT2D eigenvalue weighted by molar-refractivity contribution is 7.99. The number of hydrogen-bond donors (Lipinski definition) is 1. The number of aryl methyl sites for hydroxylation is 2. The number of thioether (sulfide) groups is 1. The zero-order valence-electron chi connectivity index (χ0n) is 15.2. The number of hydrogen-bond acceptors (Lipinski definition) is 5. The summed E-state index contributed by atoms with van der Waals surface area (Å²) < 4.78 is 10.4. The predicted molar refractivity (Wildman–Crippen MR) is 105 cm³/mol. The number of carbonyl (C=O) groups excluding carboxylic acids is 2. The fourth-order valence-corrected chi connectivity index (χ4v) is 3.01. The third kappa shape index (κ3) is 6.44. The monoisotopic (exact) mass is 373 g/mol. The molecule has 5 nitrogen and oxygen atoms in total. The smallest absolute Gasteiger partial charge is 0.337 e. The Morgan fingerprint density at radius 2 is 1.69 bits per heavy atom. The Morgan fingerprint density at radius 3 is 2.31 bits per heavy atom. The van der Waals surface area contributed by atoms with E-state index in [0.717, 1.165) is 11.5 Å². The summed E-state index contributed by atoms with van der Waals surface area (Å²) in [5.74, 6) is 1.43. The van der Waals surface area contributed by atoms with Crippen LogP contribution in [0.2, 0.25) is 0 Å². The average Bonchev–Trinajstić information content (AvgIpc) is 2.60. The van der Waals surface area contributed by atoms with Crippen molar-refractivity contribution in [3.63, 3.8) is 0 Å². The summed E-state index contributed by atoms with van der Waals surface area (Å²) in [6.45, 7) is 4.63. The lowest BCUT2D eigenvalue weighted by Crippen LogP contribution is -2.15. The molecule has 1 amide bonds. The molecule has 0 fully saturated rings. The van der Waals surface area contributed by atoms with Crippen molar-refractivity contribution in [2.75, 3.05) is 30.5 Å². The van der Waals surface area contributed by atoms with Crippen molar-refractivity contribution in [1.82, 2.24) is 0 Å². The molecule has 0 atom stereocenters. The standard InChI is InChI=1S/C20H23NO4S/c1-14-10-15(2)12-18(11-14)25-8-9-26-13-19(22)21-17-6-4-16(5-7-17)20(23)24-3/h4-7,10-12H,8-9,13H2,1-3H3,(H,21,22). The Kier molecular flexibility index (Phi) is 7.53. The van der Waals surface area contributed by atoms with Crippen LogP contribution >= 0.6 is 11.8 Å². The van der Waals surface area contributed by atoms with E-state index >= 15 is 0 Å². The topological polar surface area (TPSA) is 64.6 Å². The molecule has 0 aromatic heterocycles. The van der Waals surface area contributed by atoms with E-state index in [0.29, 0.717) is 23.6 Å². The van der Waals surface area contributed by atoms with Crippen LogP contribution in [-0.4, -0.2) is 37.1 Å². The quantitative estimate of drug-likeness (QED) is 0.563. The van der Waals surface area contributed by atoms with Crippen molar-refractivity contribution in [1.29, 1.82) is 0 Å². The van der Waals surface area contributed by atoms with E-state index in [1.165, 1.54) is 30.0 Å². The van der Waals surface area contributed by atoms with Crippen LogP contribution in [0.4, 0.5) is 5.69 Å². The predicted octanol–water partition coefficient (Wildman–Crippen LogP) is 3.84. The molecule has 0 saturated heterocycles. The lowest BCUT2D eigenvalue weighted by molar-refractivity contribution is -0.113. The number of esters is 1. The molecule has 0 heterocycles. The summed E-state index contributed by atoms with van der Waals surface area (Å²) in [4.78, 5) is 23.3. The van der Waals surface area contributed by atoms with Crippen LogP contribution in [-0.2, 0) is 9.53 Å². The first-order chi connectivity index (χ1) is 12.5. The lowest BCUT2D eigenvalue weighted by Gasteiger charge is -2.08. The third-order valence-corrected chi connectivity index (χ3v) is 4.44. The van der Waals surface area contributed by atoms with Crippen LogP contribution in [0, 0.1) is 13.8 Å². The van der Waals surface area contributed by atoms with Gasteiger partial charge in [0, 0.05) is 11.4 Å². The van der Waals surface area contributed by atoms with Crippen molar-refractivity contribution in [3.8, 4) is 5.75 Å². The maximum absolute atomic E-state index is 11.9. The van der Waals surface area contributed by atoms with E-state index in [1.54, 1.807) is 24.3 Å². The van der Waals surface area contributed by atoms with Gasteiger partial charge in [-0.25, -0.2) is 4.79 Å². The average molecular weight is 373 g/mol. The van der Waals surface area contributed by atoms with Crippen molar-refractivity contribution in [3.05, 3.63) is 59.2 Å². The van der Waals surface area contributed by atoms with E-state index in [-0.39, 0.29) is 5.91 Å². The number of nitrogens with one attached hydrogen (secondary N) is 1. The van der Waals surface area contributed by atoms with Gasteiger partial charge in [0.1, 0.15) is 5.75 Å². The first-order valence-corrected chi connectivity index (χ1v) is 9.40. The van der Waals surface area contributed by atoms with Gasteiger partial charge in [-0.2, -0.15) is 0 Å². The number of anilines is 1. The number of methoxy groups -OCH3 is 1. The Balaban J connectivity index is 1.68. The summed E-state index contributed by atoms with van der Waals surface area (Å²) in [6, 6.07) is 12.7. The summed E-state index contributed by atoms with van der Waals surface area (Å²) in [7, 11) is 1.33. The van der Waals surface area contributed by atoms with Crippen LogP contribution in [0.15, 0.2) is 42.5 Å². The van der Waals surface area contributed by atoms with Crippen molar-refractivity contribution >= 4 is 29.3 Å². The van der Waals surface area contributed by atoms with Crippen molar-refractivity contribution < 1.29 is 19.1 Å². The molecule has 26 heavy (non-hydrogen) atoms. The van der Waals surface area contributed by atoms with Crippen LogP contribution in [0.3, 0.4) is 0 Å². The van der Waals surface area contributed by atoms with Gasteiger partial charge in [0.05, 0.1) is 25.0 Å². The molecule has 0 radical (unpaired) electrons. The molecule has 1 N–H and O–H groups in total. The second-order valence-electron chi connectivity index (χ2n) is 5.84. The van der Waals surface area contributed by atoms with Gasteiger partial charge in [-0.15, -0.1) is 11.8 Å². The SMILES string of the molecule is COC(=O)c1ccc(NC(=O)CSCCOc2cc(C)cc(C)c2)cc1. The first kappa shape index (κ1) is 19.8. The molecule has 0 aliphatic rings. The molecule has 2 aromatic rings. The Hall–Kier alpha value is -2.47. The van der Waals surface area contributed by atoms with E-state index in [2.05, 4.69) is 16.1 Å². The van der Waals surface area contributed by atoms with Gasteiger partial charge in [0.25, 0.3) is 0 Å². The molecule has 0 aliphatic heterocycles. The summed E-state index contributed by atoms with van der Waals surface area (Å²) in [5, 5.41) is 2.80. The zero-order valence-corrected chi connectivity index (χ0v) is 16.0. The van der Waals surface area contributed by atoms with Gasteiger partial charge < -0.3 is 14.8 Å². The zero-order chi connectivity index (χ0) is 18.9. The number of rotatable bonds is 8. The van der Waals surface area contributed by atoms with Gasteiger partial charge in [0.2, 0.25) is 5.91 Å². The highest BCUT2D eigenvalue weighted by Crippen LogP contribution is 2.16. The number of benzene rings is 2. The normalized spacial score (nSPS) is 10.3. The minimum absolute atomic E-state index is 0.0905. The van der Waals surface area contributed by atoms with Crippen LogP contribution < -0.4 is 10.1 Å². The first-order valence-electron chi connectivity index (χ1n) is 8.25. The molecule has 6 heteroatoms. The fourth-order valence-electron chi connectivity index (χ4n) is 2.40. The largest absolute Gasteiger partial charge is 0.493 e. The highest BCUT2D eigenvalue weighted by Gasteiger charge is 2.06. The molecule has 2 aromatic carbocycles. The summed E-state index contributed by atoms with van der Waals surface area (Å²) >= 11 is 1.51. The second-order valence-corrected chi connectivity index (χ2v) is 6.95. The van der Waals surface area contributed by atoms with Gasteiger partial charge >= 0.3 is 5.97 Å². The van der Waals surface area contributed by atoms with Crippen molar-refractivity contribution in [2.24, 2.45) is 0 Å². The van der Waals surface area contributed by atoms with Crippen LogP contribution in [0.5, 0.6) is 5.75 Å². The minimum atomic E-state index is -0.401. The number of ether oxygens (including phenoxy) is 2. The molecule has 0 bridgehead atoms. The van der Waals surface area contributed by atoms with E-state index in [1.807, 2.05) is 26.0 Å². The molecular weight excluding hydrogens is 350 g/mol. The van der Waals surface area contributed by atoms with Gasteiger partial charge in [-0.1, -0.05) is 6.07 Å². The van der Waals surface area contributed by atoms with Crippen molar-refractivity contribution in [2.45, 2.75) is 13.8 Å². The second kappa shape index (κ2) is 9.87. The maximum atomic E-state index is 11.9. The van der Waals surface area contributed by atoms with Gasteiger partial charge in [-0.05, 0) is 61.4 Å². The lowest BCUT2D eigenvalue weighted by atomic mass is 10.1. The van der Waals surface area contributed by atoms with E-state index in [4.69, 9.17) is 4.74 Å². The molecule has 0 spiro atoms. The Labute approximate surface area is 158 Å². The summed E-state index contributed by atoms with van der Waals surface area (Å²) in [6.07, 6.45) is 0. The van der Waals surface area contributed by atoms with E-state index < -0.39 is 5.97 Å². The Morgan fingerprint density at radius 1 is 1.04 bits per heavy atom. The number of carbonyl (C=O) groups is 2. The maximum Gasteiger partial charge on any atom is 0.337 e. The molecular formula is C20H23NO4S. The van der Waals surface area contributed by atoms with E-state index in [9.17, 15) is 9.59 Å². The highest BCUT2D eigenvalue weighted by atomic mass is 32.2. The van der Waals surface area contributed by atoms with Crippen LogP contribution in [0.1, 0.15) is 21.5 Å². The van der Waals surface area contributed by atoms with Crippen LogP contribution in [0.25, 0.3) is 0 Å². The molecule has 138 valence electrons. The minimum Gasteiger partial charge on any atom is -0.493 e. The molecule has 0 aliphatic carbocycles. The molecule has 2 rings (SSSR count). The molecule has 0 saturated carbocycles. The van der Waals surface area contributed by atoms with Gasteiger partial charge in [-0.3, -0.25) is 4.79 Å². The Bertz CT molecular complexity index is 739. The molecule has 0 unspecified atom stereocenters. The third-order valence-electron chi connectivity index (χ3n) is 3.51.